The molecule has 0 radical (unpaired) electrons. The van der Waals surface area contributed by atoms with E-state index in [0.717, 1.165) is 31.7 Å². The predicted molar refractivity (Wildman–Crippen MR) is 83.2 cm³/mol. The Bertz CT molecular complexity index is 665. The third-order valence-corrected chi connectivity index (χ3v) is 4.15. The number of carbonyl (C=O) groups is 1. The molecule has 0 unspecified atom stereocenters. The highest BCUT2D eigenvalue weighted by Crippen LogP contribution is 2.24. The number of aromatic nitrogens is 2. The number of furan rings is 1. The first-order valence-electron chi connectivity index (χ1n) is 7.20. The van der Waals surface area contributed by atoms with Crippen LogP contribution in [0.25, 0.3) is 0 Å². The van der Waals surface area contributed by atoms with Crippen molar-refractivity contribution in [2.24, 2.45) is 0 Å². The predicted octanol–water partition coefficient (Wildman–Crippen LogP) is 2.43. The molecule has 1 fully saturated rings. The summed E-state index contributed by atoms with van der Waals surface area (Å²) < 4.78 is 5.16. The van der Waals surface area contributed by atoms with Crippen molar-refractivity contribution in [3.63, 3.8) is 0 Å². The minimum Gasteiger partial charge on any atom is -0.469 e. The van der Waals surface area contributed by atoms with Gasteiger partial charge in [0.15, 0.2) is 5.82 Å². The SMILES string of the molecule is Cc1occc1C(=O)NC1CCN(c2ncncc2Cl)CC1. The van der Waals surface area contributed by atoms with E-state index in [9.17, 15) is 4.79 Å². The van der Waals surface area contributed by atoms with Crippen molar-refractivity contribution >= 4 is 23.3 Å². The number of hydrogen-bond acceptors (Lipinski definition) is 5. The van der Waals surface area contributed by atoms with Crippen LogP contribution in [-0.4, -0.2) is 35.0 Å². The Balaban J connectivity index is 1.57. The normalized spacial score (nSPS) is 15.8. The Kier molecular flexibility index (Phi) is 4.29. The molecule has 1 saturated heterocycles. The summed E-state index contributed by atoms with van der Waals surface area (Å²) in [6, 6.07) is 1.85. The van der Waals surface area contributed by atoms with Gasteiger partial charge in [-0.3, -0.25) is 4.79 Å². The number of nitrogens with one attached hydrogen (secondary N) is 1. The fourth-order valence-corrected chi connectivity index (χ4v) is 2.88. The van der Waals surface area contributed by atoms with Crippen molar-refractivity contribution in [3.05, 3.63) is 41.2 Å². The molecule has 7 heteroatoms. The lowest BCUT2D eigenvalue weighted by molar-refractivity contribution is 0.0929. The van der Waals surface area contributed by atoms with E-state index < -0.39 is 0 Å². The van der Waals surface area contributed by atoms with E-state index in [-0.39, 0.29) is 11.9 Å². The summed E-state index contributed by atoms with van der Waals surface area (Å²) in [6.45, 7) is 3.38. The molecule has 116 valence electrons. The van der Waals surface area contributed by atoms with Crippen LogP contribution in [0.4, 0.5) is 5.82 Å². The van der Waals surface area contributed by atoms with E-state index in [0.29, 0.717) is 16.3 Å². The molecule has 0 bridgehead atoms. The van der Waals surface area contributed by atoms with Gasteiger partial charge in [-0.2, -0.15) is 0 Å². The summed E-state index contributed by atoms with van der Waals surface area (Å²) in [5.74, 6) is 1.32. The van der Waals surface area contributed by atoms with Crippen LogP contribution in [0, 0.1) is 6.92 Å². The minimum absolute atomic E-state index is 0.0789. The molecule has 1 aliphatic rings. The van der Waals surface area contributed by atoms with Crippen molar-refractivity contribution in [2.45, 2.75) is 25.8 Å². The largest absolute Gasteiger partial charge is 0.469 e. The highest BCUT2D eigenvalue weighted by atomic mass is 35.5. The number of carbonyl (C=O) groups excluding carboxylic acids is 1. The maximum Gasteiger partial charge on any atom is 0.255 e. The number of rotatable bonds is 3. The van der Waals surface area contributed by atoms with Crippen LogP contribution in [0.15, 0.2) is 29.3 Å². The molecule has 1 amide bonds. The second-order valence-corrected chi connectivity index (χ2v) is 5.73. The second kappa shape index (κ2) is 6.36. The second-order valence-electron chi connectivity index (χ2n) is 5.32. The molecule has 1 N–H and O–H groups in total. The molecular formula is C15H17ClN4O2. The Morgan fingerprint density at radius 3 is 2.86 bits per heavy atom. The molecular weight excluding hydrogens is 304 g/mol. The van der Waals surface area contributed by atoms with E-state index >= 15 is 0 Å². The van der Waals surface area contributed by atoms with E-state index in [1.807, 2.05) is 0 Å². The number of hydrogen-bond donors (Lipinski definition) is 1. The fraction of sp³-hybridized carbons (Fsp3) is 0.400. The Morgan fingerprint density at radius 1 is 1.45 bits per heavy atom. The molecule has 0 aliphatic carbocycles. The Morgan fingerprint density at radius 2 is 2.23 bits per heavy atom. The lowest BCUT2D eigenvalue weighted by Crippen LogP contribution is -2.45. The molecule has 0 atom stereocenters. The summed E-state index contributed by atoms with van der Waals surface area (Å²) in [5.41, 5.74) is 0.598. The number of halogens is 1. The topological polar surface area (TPSA) is 71.3 Å². The molecule has 3 heterocycles. The van der Waals surface area contributed by atoms with Crippen LogP contribution in [0.2, 0.25) is 5.02 Å². The molecule has 2 aromatic rings. The summed E-state index contributed by atoms with van der Waals surface area (Å²) >= 11 is 6.12. The fourth-order valence-electron chi connectivity index (χ4n) is 2.66. The average molecular weight is 321 g/mol. The first-order chi connectivity index (χ1) is 10.6. The zero-order valence-corrected chi connectivity index (χ0v) is 13.0. The number of anilines is 1. The molecule has 22 heavy (non-hydrogen) atoms. The highest BCUT2D eigenvalue weighted by molar-refractivity contribution is 6.32. The summed E-state index contributed by atoms with van der Waals surface area (Å²) in [4.78, 5) is 22.4. The van der Waals surface area contributed by atoms with Gasteiger partial charge < -0.3 is 14.6 Å². The zero-order chi connectivity index (χ0) is 15.5. The van der Waals surface area contributed by atoms with Crippen LogP contribution in [0.5, 0.6) is 0 Å². The monoisotopic (exact) mass is 320 g/mol. The van der Waals surface area contributed by atoms with Gasteiger partial charge >= 0.3 is 0 Å². The van der Waals surface area contributed by atoms with Gasteiger partial charge in [0, 0.05) is 19.1 Å². The molecule has 1 aliphatic heterocycles. The van der Waals surface area contributed by atoms with Crippen LogP contribution in [-0.2, 0) is 0 Å². The Labute approximate surface area is 133 Å². The minimum atomic E-state index is -0.0789. The van der Waals surface area contributed by atoms with Crippen LogP contribution < -0.4 is 10.2 Å². The van der Waals surface area contributed by atoms with Crippen LogP contribution in [0.3, 0.4) is 0 Å². The number of piperidine rings is 1. The van der Waals surface area contributed by atoms with Crippen molar-refractivity contribution < 1.29 is 9.21 Å². The third kappa shape index (κ3) is 3.06. The van der Waals surface area contributed by atoms with Gasteiger partial charge in [0.2, 0.25) is 0 Å². The van der Waals surface area contributed by atoms with Crippen molar-refractivity contribution in [2.75, 3.05) is 18.0 Å². The van der Waals surface area contributed by atoms with Gasteiger partial charge in [0.1, 0.15) is 17.1 Å². The molecule has 0 aromatic carbocycles. The van der Waals surface area contributed by atoms with Crippen molar-refractivity contribution in [1.82, 2.24) is 15.3 Å². The average Bonchev–Trinajstić information content (AvgIpc) is 2.95. The first-order valence-corrected chi connectivity index (χ1v) is 7.58. The first kappa shape index (κ1) is 14.8. The maximum absolute atomic E-state index is 12.2. The van der Waals surface area contributed by atoms with E-state index in [1.54, 1.807) is 19.2 Å². The molecule has 0 saturated carbocycles. The summed E-state index contributed by atoms with van der Waals surface area (Å²) in [7, 11) is 0. The van der Waals surface area contributed by atoms with E-state index in [2.05, 4.69) is 20.2 Å². The van der Waals surface area contributed by atoms with E-state index in [1.165, 1.54) is 12.6 Å². The third-order valence-electron chi connectivity index (χ3n) is 3.88. The van der Waals surface area contributed by atoms with Gasteiger partial charge in [0.05, 0.1) is 18.0 Å². The molecule has 3 rings (SSSR count). The van der Waals surface area contributed by atoms with Crippen molar-refractivity contribution in [1.29, 1.82) is 0 Å². The van der Waals surface area contributed by atoms with Gasteiger partial charge in [0.25, 0.3) is 5.91 Å². The van der Waals surface area contributed by atoms with Crippen LogP contribution >= 0.6 is 11.6 Å². The van der Waals surface area contributed by atoms with Crippen LogP contribution in [0.1, 0.15) is 29.0 Å². The number of amides is 1. The van der Waals surface area contributed by atoms with Gasteiger partial charge in [-0.1, -0.05) is 11.6 Å². The maximum atomic E-state index is 12.2. The molecule has 2 aromatic heterocycles. The highest BCUT2D eigenvalue weighted by Gasteiger charge is 2.24. The van der Waals surface area contributed by atoms with Gasteiger partial charge in [-0.15, -0.1) is 0 Å². The summed E-state index contributed by atoms with van der Waals surface area (Å²) in [6.07, 6.45) is 6.33. The van der Waals surface area contributed by atoms with Gasteiger partial charge in [-0.05, 0) is 25.8 Å². The molecule has 6 nitrogen and oxygen atoms in total. The summed E-state index contributed by atoms with van der Waals surface area (Å²) in [5, 5.41) is 3.61. The lowest BCUT2D eigenvalue weighted by Gasteiger charge is -2.33. The van der Waals surface area contributed by atoms with Gasteiger partial charge in [-0.25, -0.2) is 9.97 Å². The smallest absolute Gasteiger partial charge is 0.255 e. The number of nitrogens with zero attached hydrogens (tertiary/aromatic N) is 3. The Hall–Kier alpha value is -2.08. The number of aryl methyl sites for hydroxylation is 1. The van der Waals surface area contributed by atoms with Crippen molar-refractivity contribution in [3.8, 4) is 0 Å². The zero-order valence-electron chi connectivity index (χ0n) is 12.3. The molecule has 0 spiro atoms. The standard InChI is InChI=1S/C15H17ClN4O2/c1-10-12(4-7-22-10)15(21)19-11-2-5-20(6-3-11)14-13(16)8-17-9-18-14/h4,7-9,11H,2-3,5-6H2,1H3,(H,19,21). The lowest BCUT2D eigenvalue weighted by atomic mass is 10.0. The quantitative estimate of drug-likeness (QED) is 0.940. The van der Waals surface area contributed by atoms with E-state index in [4.69, 9.17) is 16.0 Å².